The molecule has 0 radical (unpaired) electrons. The predicted octanol–water partition coefficient (Wildman–Crippen LogP) is 14.6. The van der Waals surface area contributed by atoms with Gasteiger partial charge in [-0.3, -0.25) is 0 Å². The molecule has 0 unspecified atom stereocenters. The van der Waals surface area contributed by atoms with Crippen LogP contribution >= 0.6 is 22.7 Å². The first-order valence-electron chi connectivity index (χ1n) is 18.7. The first kappa shape index (κ1) is 32.6. The normalized spacial score (nSPS) is 11.6. The maximum atomic E-state index is 5.23. The van der Waals surface area contributed by atoms with Gasteiger partial charge in [0.15, 0.2) is 17.5 Å². The van der Waals surface area contributed by atoms with Crippen LogP contribution < -0.4 is 0 Å². The van der Waals surface area contributed by atoms with Gasteiger partial charge in [0.05, 0.1) is 0 Å². The van der Waals surface area contributed by atoms with Gasteiger partial charge in [0.2, 0.25) is 0 Å². The molecular formula is C51H31N3S2. The van der Waals surface area contributed by atoms with Gasteiger partial charge in [-0.1, -0.05) is 164 Å². The fraction of sp³-hybridized carbons (Fsp3) is 0. The Kier molecular flexibility index (Phi) is 7.87. The van der Waals surface area contributed by atoms with E-state index in [2.05, 4.69) is 182 Å². The van der Waals surface area contributed by atoms with Gasteiger partial charge in [0, 0.05) is 57.0 Å². The number of benzene rings is 8. The molecule has 0 aliphatic heterocycles. The van der Waals surface area contributed by atoms with Crippen LogP contribution in [0.1, 0.15) is 0 Å². The third-order valence-electron chi connectivity index (χ3n) is 10.6. The van der Waals surface area contributed by atoms with E-state index in [-0.39, 0.29) is 0 Å². The van der Waals surface area contributed by atoms with Crippen LogP contribution in [0.5, 0.6) is 0 Å². The summed E-state index contributed by atoms with van der Waals surface area (Å²) in [5.41, 5.74) is 9.88. The van der Waals surface area contributed by atoms with E-state index in [0.29, 0.717) is 17.5 Å². The Morgan fingerprint density at radius 3 is 1.45 bits per heavy atom. The van der Waals surface area contributed by atoms with Crippen LogP contribution in [0.2, 0.25) is 0 Å². The standard InChI is InChI=1S/C51H31N3S2/c1-2-13-33(14-3-1)37-17-4-5-20-43(37)50-52-49(53-51(54-50)44-24-12-23-42-40-19-7-9-26-46(40)56-48(42)44)34-29-27-32(28-30-34)35-15-10-16-36(31-35)38-21-11-22-41-39-18-6-8-25-45(39)55-47(38)41/h1-31H. The Balaban J connectivity index is 1.03. The molecule has 0 bridgehead atoms. The van der Waals surface area contributed by atoms with Gasteiger partial charge in [-0.15, -0.1) is 22.7 Å². The maximum Gasteiger partial charge on any atom is 0.165 e. The molecule has 0 amide bonds. The van der Waals surface area contributed by atoms with Crippen LogP contribution in [0.4, 0.5) is 0 Å². The number of fused-ring (bicyclic) bond motifs is 6. The van der Waals surface area contributed by atoms with Crippen LogP contribution in [-0.2, 0) is 0 Å². The summed E-state index contributed by atoms with van der Waals surface area (Å²) in [7, 11) is 0. The largest absolute Gasteiger partial charge is 0.208 e. The van der Waals surface area contributed by atoms with E-state index in [1.807, 2.05) is 17.4 Å². The second kappa shape index (κ2) is 13.5. The number of thiophene rings is 2. The summed E-state index contributed by atoms with van der Waals surface area (Å²) >= 11 is 3.65. The van der Waals surface area contributed by atoms with Crippen molar-refractivity contribution in [2.24, 2.45) is 0 Å². The lowest BCUT2D eigenvalue weighted by Crippen LogP contribution is -2.01. The number of hydrogen-bond donors (Lipinski definition) is 0. The first-order chi connectivity index (χ1) is 27.7. The summed E-state index contributed by atoms with van der Waals surface area (Å²) in [6, 6.07) is 66.7. The van der Waals surface area contributed by atoms with E-state index in [1.165, 1.54) is 51.5 Å². The smallest absolute Gasteiger partial charge is 0.165 e. The Hall–Kier alpha value is -6.79. The van der Waals surface area contributed by atoms with Gasteiger partial charge in [-0.25, -0.2) is 15.0 Å². The van der Waals surface area contributed by atoms with Gasteiger partial charge in [0.25, 0.3) is 0 Å². The van der Waals surface area contributed by atoms with Gasteiger partial charge in [-0.2, -0.15) is 0 Å². The summed E-state index contributed by atoms with van der Waals surface area (Å²) in [4.78, 5) is 15.6. The van der Waals surface area contributed by atoms with Crippen LogP contribution in [0, 0.1) is 0 Å². The van der Waals surface area contributed by atoms with Crippen molar-refractivity contribution >= 4 is 63.0 Å². The quantitative estimate of drug-likeness (QED) is 0.170. The summed E-state index contributed by atoms with van der Waals surface area (Å²) in [6.45, 7) is 0. The Bertz CT molecular complexity index is 3250. The summed E-state index contributed by atoms with van der Waals surface area (Å²) < 4.78 is 5.06. The molecule has 0 saturated carbocycles. The van der Waals surface area contributed by atoms with E-state index in [9.17, 15) is 0 Å². The monoisotopic (exact) mass is 749 g/mol. The lowest BCUT2D eigenvalue weighted by molar-refractivity contribution is 1.08. The molecule has 11 rings (SSSR count). The lowest BCUT2D eigenvalue weighted by atomic mass is 9.97. The van der Waals surface area contributed by atoms with Crippen molar-refractivity contribution in [3.8, 4) is 67.5 Å². The minimum atomic E-state index is 0.641. The van der Waals surface area contributed by atoms with Crippen molar-refractivity contribution in [3.63, 3.8) is 0 Å². The van der Waals surface area contributed by atoms with E-state index < -0.39 is 0 Å². The third kappa shape index (κ3) is 5.60. The van der Waals surface area contributed by atoms with Gasteiger partial charge in [-0.05, 0) is 57.6 Å². The van der Waals surface area contributed by atoms with Gasteiger partial charge < -0.3 is 0 Å². The highest BCUT2D eigenvalue weighted by atomic mass is 32.1. The van der Waals surface area contributed by atoms with Crippen molar-refractivity contribution in [3.05, 3.63) is 188 Å². The average molecular weight is 750 g/mol. The van der Waals surface area contributed by atoms with Crippen LogP contribution in [0.3, 0.4) is 0 Å². The molecule has 56 heavy (non-hydrogen) atoms. The Morgan fingerprint density at radius 2 is 0.732 bits per heavy atom. The molecule has 0 spiro atoms. The zero-order valence-corrected chi connectivity index (χ0v) is 31.7. The van der Waals surface area contributed by atoms with E-state index in [1.54, 1.807) is 11.3 Å². The van der Waals surface area contributed by atoms with E-state index in [4.69, 9.17) is 15.0 Å². The van der Waals surface area contributed by atoms with E-state index >= 15 is 0 Å². The molecule has 0 fully saturated rings. The van der Waals surface area contributed by atoms with Crippen LogP contribution in [0.15, 0.2) is 188 Å². The second-order valence-electron chi connectivity index (χ2n) is 13.9. The Labute approximate surface area is 331 Å². The SMILES string of the molecule is c1ccc(-c2ccccc2-c2nc(-c3ccc(-c4cccc(-c5cccc6c5sc5ccccc56)c4)cc3)nc(-c3cccc4c3sc3ccccc34)n2)cc1. The fourth-order valence-corrected chi connectivity index (χ4v) is 10.3. The molecule has 3 nitrogen and oxygen atoms in total. The molecule has 0 N–H and O–H groups in total. The maximum absolute atomic E-state index is 5.23. The molecule has 8 aromatic carbocycles. The third-order valence-corrected chi connectivity index (χ3v) is 13.0. The van der Waals surface area contributed by atoms with Gasteiger partial charge >= 0.3 is 0 Å². The Morgan fingerprint density at radius 1 is 0.268 bits per heavy atom. The summed E-state index contributed by atoms with van der Waals surface area (Å²) in [5, 5.41) is 5.09. The van der Waals surface area contributed by atoms with Gasteiger partial charge in [0.1, 0.15) is 0 Å². The highest BCUT2D eigenvalue weighted by Gasteiger charge is 2.19. The zero-order valence-electron chi connectivity index (χ0n) is 30.1. The molecule has 0 aliphatic carbocycles. The van der Waals surface area contributed by atoms with Crippen molar-refractivity contribution in [2.45, 2.75) is 0 Å². The van der Waals surface area contributed by atoms with Crippen LogP contribution in [-0.4, -0.2) is 15.0 Å². The zero-order chi connectivity index (χ0) is 37.0. The molecule has 11 aromatic rings. The minimum Gasteiger partial charge on any atom is -0.208 e. The van der Waals surface area contributed by atoms with Crippen molar-refractivity contribution in [1.82, 2.24) is 15.0 Å². The van der Waals surface area contributed by atoms with Crippen molar-refractivity contribution in [2.75, 3.05) is 0 Å². The highest BCUT2D eigenvalue weighted by molar-refractivity contribution is 7.26. The number of nitrogens with zero attached hydrogens (tertiary/aromatic N) is 3. The molecule has 0 atom stereocenters. The lowest BCUT2D eigenvalue weighted by Gasteiger charge is -2.13. The summed E-state index contributed by atoms with van der Waals surface area (Å²) in [5.74, 6) is 1.95. The number of hydrogen-bond acceptors (Lipinski definition) is 5. The van der Waals surface area contributed by atoms with E-state index in [0.717, 1.165) is 38.9 Å². The summed E-state index contributed by atoms with van der Waals surface area (Å²) in [6.07, 6.45) is 0. The molecule has 0 aliphatic rings. The molecule has 0 saturated heterocycles. The number of rotatable bonds is 6. The van der Waals surface area contributed by atoms with Crippen molar-refractivity contribution in [1.29, 1.82) is 0 Å². The number of aromatic nitrogens is 3. The van der Waals surface area contributed by atoms with Crippen LogP contribution in [0.25, 0.3) is 108 Å². The molecule has 3 heterocycles. The molecular weight excluding hydrogens is 719 g/mol. The topological polar surface area (TPSA) is 38.7 Å². The van der Waals surface area contributed by atoms with Crippen molar-refractivity contribution < 1.29 is 0 Å². The minimum absolute atomic E-state index is 0.641. The average Bonchev–Trinajstić information content (AvgIpc) is 3.85. The second-order valence-corrected chi connectivity index (χ2v) is 16.0. The predicted molar refractivity (Wildman–Crippen MR) is 238 cm³/mol. The molecule has 262 valence electrons. The molecule has 5 heteroatoms. The first-order valence-corrected chi connectivity index (χ1v) is 20.3. The fourth-order valence-electron chi connectivity index (χ4n) is 7.87. The molecule has 3 aromatic heterocycles. The highest BCUT2D eigenvalue weighted by Crippen LogP contribution is 2.42.